The van der Waals surface area contributed by atoms with E-state index >= 15 is 0 Å². The van der Waals surface area contributed by atoms with Crippen LogP contribution in [-0.4, -0.2) is 41.2 Å². The number of H-pyrrole nitrogens is 1. The monoisotopic (exact) mass is 391 g/mol. The van der Waals surface area contributed by atoms with E-state index in [1.165, 1.54) is 5.56 Å². The summed E-state index contributed by atoms with van der Waals surface area (Å²) in [6, 6.07) is 14.9. The molecule has 0 unspecified atom stereocenters. The van der Waals surface area contributed by atoms with E-state index in [4.69, 9.17) is 16.3 Å². The van der Waals surface area contributed by atoms with Gasteiger partial charge in [-0.3, -0.25) is 9.88 Å². The van der Waals surface area contributed by atoms with Crippen LogP contribution in [0.15, 0.2) is 48.7 Å². The van der Waals surface area contributed by atoms with Crippen LogP contribution >= 0.6 is 11.6 Å². The number of aromatic nitrogens is 2. The highest BCUT2D eigenvalue weighted by Gasteiger charge is 2.14. The molecular formula is C23H22ClN3O. The van der Waals surface area contributed by atoms with Crippen molar-refractivity contribution in [3.8, 4) is 11.1 Å². The molecular weight excluding hydrogens is 370 g/mol. The molecule has 2 aromatic carbocycles. The normalized spacial score (nSPS) is 15.5. The minimum atomic E-state index is 0.746. The summed E-state index contributed by atoms with van der Waals surface area (Å²) in [6.07, 6.45) is 1.85. The standard InChI is InChI=1S/C23H22ClN3O/c1-15-22-19(6-7-25-15)21-13-18(24)12-20(23(21)26-22)17-4-2-16(3-5-17)14-27-8-10-28-11-9-27/h2-7,12-13,26H,8-11,14H2,1H3. The van der Waals surface area contributed by atoms with Crippen molar-refractivity contribution in [2.75, 3.05) is 26.3 Å². The maximum atomic E-state index is 6.48. The van der Waals surface area contributed by atoms with E-state index in [2.05, 4.69) is 39.1 Å². The molecule has 3 heterocycles. The molecule has 2 aromatic heterocycles. The number of pyridine rings is 1. The zero-order valence-corrected chi connectivity index (χ0v) is 16.6. The Morgan fingerprint density at radius 2 is 1.82 bits per heavy atom. The van der Waals surface area contributed by atoms with Crippen LogP contribution in [0.3, 0.4) is 0 Å². The number of aryl methyl sites for hydroxylation is 1. The Morgan fingerprint density at radius 1 is 1.04 bits per heavy atom. The second-order valence-electron chi connectivity index (χ2n) is 7.41. The Balaban J connectivity index is 1.55. The summed E-state index contributed by atoms with van der Waals surface area (Å²) in [5.74, 6) is 0. The number of benzene rings is 2. The molecule has 1 N–H and O–H groups in total. The number of ether oxygens (including phenoxy) is 1. The number of aromatic amines is 1. The second kappa shape index (κ2) is 7.21. The second-order valence-corrected chi connectivity index (χ2v) is 7.84. The zero-order chi connectivity index (χ0) is 19.1. The smallest absolute Gasteiger partial charge is 0.0681 e. The van der Waals surface area contributed by atoms with Gasteiger partial charge in [0, 0.05) is 47.2 Å². The molecule has 0 radical (unpaired) electrons. The highest BCUT2D eigenvalue weighted by atomic mass is 35.5. The molecule has 28 heavy (non-hydrogen) atoms. The van der Waals surface area contributed by atoms with Gasteiger partial charge in [-0.25, -0.2) is 0 Å². The number of rotatable bonds is 3. The third-order valence-electron chi connectivity index (χ3n) is 5.56. The molecule has 0 saturated carbocycles. The maximum Gasteiger partial charge on any atom is 0.0681 e. The number of halogens is 1. The average Bonchev–Trinajstić information content (AvgIpc) is 3.09. The molecule has 0 atom stereocenters. The number of fused-ring (bicyclic) bond motifs is 3. The molecule has 1 saturated heterocycles. The lowest BCUT2D eigenvalue weighted by Gasteiger charge is -2.26. The van der Waals surface area contributed by atoms with Gasteiger partial charge in [0.25, 0.3) is 0 Å². The van der Waals surface area contributed by atoms with E-state index in [-0.39, 0.29) is 0 Å². The first-order valence-electron chi connectivity index (χ1n) is 9.65. The Morgan fingerprint density at radius 3 is 2.61 bits per heavy atom. The topological polar surface area (TPSA) is 41.2 Å². The quantitative estimate of drug-likeness (QED) is 0.523. The molecule has 5 rings (SSSR count). The lowest BCUT2D eigenvalue weighted by atomic mass is 10.0. The number of morpholine rings is 1. The molecule has 1 aliphatic heterocycles. The predicted octanol–water partition coefficient (Wildman–Crippen LogP) is 5.18. The van der Waals surface area contributed by atoms with Gasteiger partial charge in [0.2, 0.25) is 0 Å². The lowest BCUT2D eigenvalue weighted by molar-refractivity contribution is 0.0342. The van der Waals surface area contributed by atoms with E-state index in [0.717, 1.165) is 76.5 Å². The van der Waals surface area contributed by atoms with Gasteiger partial charge in [-0.15, -0.1) is 0 Å². The summed E-state index contributed by atoms with van der Waals surface area (Å²) in [6.45, 7) is 6.64. The summed E-state index contributed by atoms with van der Waals surface area (Å²) >= 11 is 6.48. The first kappa shape index (κ1) is 17.7. The molecule has 4 nitrogen and oxygen atoms in total. The van der Waals surface area contributed by atoms with Crippen molar-refractivity contribution in [1.29, 1.82) is 0 Å². The summed E-state index contributed by atoms with van der Waals surface area (Å²) in [7, 11) is 0. The third-order valence-corrected chi connectivity index (χ3v) is 5.78. The number of nitrogens with zero attached hydrogens (tertiary/aromatic N) is 2. The van der Waals surface area contributed by atoms with Gasteiger partial charge < -0.3 is 9.72 Å². The van der Waals surface area contributed by atoms with E-state index < -0.39 is 0 Å². The molecule has 0 bridgehead atoms. The van der Waals surface area contributed by atoms with Crippen molar-refractivity contribution in [3.05, 3.63) is 64.9 Å². The zero-order valence-electron chi connectivity index (χ0n) is 15.8. The first-order chi connectivity index (χ1) is 13.7. The Labute approximate surface area is 169 Å². The van der Waals surface area contributed by atoms with Crippen molar-refractivity contribution < 1.29 is 4.74 Å². The van der Waals surface area contributed by atoms with Crippen LogP contribution in [0.1, 0.15) is 11.3 Å². The van der Waals surface area contributed by atoms with Crippen molar-refractivity contribution in [2.45, 2.75) is 13.5 Å². The SMILES string of the molecule is Cc1nccc2c1[nH]c1c(-c3ccc(CN4CCOCC4)cc3)cc(Cl)cc12. The molecule has 4 aromatic rings. The minimum absolute atomic E-state index is 0.746. The van der Waals surface area contributed by atoms with Crippen LogP contribution in [0.5, 0.6) is 0 Å². The Bertz CT molecular complexity index is 1140. The van der Waals surface area contributed by atoms with Gasteiger partial charge in [0.1, 0.15) is 0 Å². The van der Waals surface area contributed by atoms with Crippen LogP contribution < -0.4 is 0 Å². The minimum Gasteiger partial charge on any atom is -0.379 e. The number of hydrogen-bond donors (Lipinski definition) is 1. The fourth-order valence-electron chi connectivity index (χ4n) is 4.06. The van der Waals surface area contributed by atoms with Crippen molar-refractivity contribution in [2.24, 2.45) is 0 Å². The molecule has 0 amide bonds. The molecule has 142 valence electrons. The fraction of sp³-hybridized carbons (Fsp3) is 0.261. The van der Waals surface area contributed by atoms with Crippen molar-refractivity contribution in [1.82, 2.24) is 14.9 Å². The van der Waals surface area contributed by atoms with Gasteiger partial charge in [0.05, 0.1) is 29.9 Å². The molecule has 0 spiro atoms. The maximum absolute atomic E-state index is 6.48. The Hall–Kier alpha value is -2.40. The summed E-state index contributed by atoms with van der Waals surface area (Å²) in [5.41, 5.74) is 6.78. The van der Waals surface area contributed by atoms with Crippen molar-refractivity contribution in [3.63, 3.8) is 0 Å². The molecule has 1 aliphatic rings. The van der Waals surface area contributed by atoms with E-state index in [1.54, 1.807) is 0 Å². The van der Waals surface area contributed by atoms with Crippen LogP contribution in [0, 0.1) is 6.92 Å². The average molecular weight is 392 g/mol. The lowest BCUT2D eigenvalue weighted by Crippen LogP contribution is -2.35. The molecule has 5 heteroatoms. The largest absolute Gasteiger partial charge is 0.379 e. The van der Waals surface area contributed by atoms with Crippen molar-refractivity contribution >= 4 is 33.4 Å². The number of nitrogens with one attached hydrogen (secondary N) is 1. The highest BCUT2D eigenvalue weighted by molar-refractivity contribution is 6.32. The van der Waals surface area contributed by atoms with Gasteiger partial charge >= 0.3 is 0 Å². The van der Waals surface area contributed by atoms with Gasteiger partial charge in [-0.05, 0) is 36.2 Å². The Kier molecular flexibility index (Phi) is 4.55. The summed E-state index contributed by atoms with van der Waals surface area (Å²) in [4.78, 5) is 10.4. The number of hydrogen-bond acceptors (Lipinski definition) is 3. The summed E-state index contributed by atoms with van der Waals surface area (Å²) < 4.78 is 5.44. The third kappa shape index (κ3) is 3.18. The van der Waals surface area contributed by atoms with Crippen LogP contribution in [0.2, 0.25) is 5.02 Å². The fourth-order valence-corrected chi connectivity index (χ4v) is 4.28. The van der Waals surface area contributed by atoms with Crippen LogP contribution in [0.4, 0.5) is 0 Å². The van der Waals surface area contributed by atoms with E-state index in [1.807, 2.05) is 31.3 Å². The van der Waals surface area contributed by atoms with E-state index in [9.17, 15) is 0 Å². The van der Waals surface area contributed by atoms with Gasteiger partial charge in [0.15, 0.2) is 0 Å². The molecule has 0 aliphatic carbocycles. The van der Waals surface area contributed by atoms with Crippen LogP contribution in [0.25, 0.3) is 32.9 Å². The van der Waals surface area contributed by atoms with Gasteiger partial charge in [-0.1, -0.05) is 35.9 Å². The highest BCUT2D eigenvalue weighted by Crippen LogP contribution is 2.36. The van der Waals surface area contributed by atoms with E-state index in [0.29, 0.717) is 0 Å². The first-order valence-corrected chi connectivity index (χ1v) is 10.0. The van der Waals surface area contributed by atoms with Gasteiger partial charge in [-0.2, -0.15) is 0 Å². The van der Waals surface area contributed by atoms with Crippen LogP contribution in [-0.2, 0) is 11.3 Å². The predicted molar refractivity (Wildman–Crippen MR) is 115 cm³/mol. The molecule has 1 fully saturated rings. The summed E-state index contributed by atoms with van der Waals surface area (Å²) in [5, 5.41) is 3.05.